The number of alkyl halides is 3. The summed E-state index contributed by atoms with van der Waals surface area (Å²) in [5.41, 5.74) is 0.860. The van der Waals surface area contributed by atoms with Crippen molar-refractivity contribution in [1.29, 1.82) is 0 Å². The molecule has 2 heterocycles. The number of aromatic nitrogens is 2. The summed E-state index contributed by atoms with van der Waals surface area (Å²) in [6.45, 7) is 0. The van der Waals surface area contributed by atoms with Gasteiger partial charge in [0.15, 0.2) is 0 Å². The Morgan fingerprint density at radius 3 is 2.42 bits per heavy atom. The van der Waals surface area contributed by atoms with Crippen LogP contribution in [-0.2, 0) is 11.0 Å². The number of hydrogen-bond donors (Lipinski definition) is 3. The third-order valence-corrected chi connectivity index (χ3v) is 5.92. The minimum atomic E-state index is -4.44. The van der Waals surface area contributed by atoms with E-state index in [9.17, 15) is 18.0 Å². The van der Waals surface area contributed by atoms with Gasteiger partial charge < -0.3 is 16.0 Å². The number of rotatable bonds is 6. The zero-order chi connectivity index (χ0) is 23.0. The minimum absolute atomic E-state index is 0.0157. The summed E-state index contributed by atoms with van der Waals surface area (Å²) >= 11 is 1.40. The maximum atomic E-state index is 13.0. The van der Waals surface area contributed by atoms with Gasteiger partial charge in [-0.1, -0.05) is 12.1 Å². The third-order valence-electron chi connectivity index (χ3n) is 5.11. The average Bonchev–Trinajstić information content (AvgIpc) is 3.52. The molecule has 1 fully saturated rings. The molecule has 0 saturated heterocycles. The highest BCUT2D eigenvalue weighted by Gasteiger charge is 2.30. The van der Waals surface area contributed by atoms with E-state index < -0.39 is 11.7 Å². The highest BCUT2D eigenvalue weighted by atomic mass is 32.1. The van der Waals surface area contributed by atoms with Crippen LogP contribution in [0.2, 0.25) is 0 Å². The predicted octanol–water partition coefficient (Wildman–Crippen LogP) is 6.55. The molecule has 6 nitrogen and oxygen atoms in total. The Kier molecular flexibility index (Phi) is 5.37. The minimum Gasteiger partial charge on any atom is -0.339 e. The van der Waals surface area contributed by atoms with Crippen molar-refractivity contribution < 1.29 is 18.0 Å². The Balaban J connectivity index is 1.41. The van der Waals surface area contributed by atoms with E-state index in [2.05, 4.69) is 25.9 Å². The summed E-state index contributed by atoms with van der Waals surface area (Å²) in [6.07, 6.45) is -2.60. The normalized spacial score (nSPS) is 13.7. The van der Waals surface area contributed by atoms with Crippen molar-refractivity contribution in [3.63, 3.8) is 0 Å². The summed E-state index contributed by atoms with van der Waals surface area (Å²) in [4.78, 5) is 21.7. The molecule has 4 aromatic rings. The molecule has 1 aliphatic carbocycles. The fourth-order valence-corrected chi connectivity index (χ4v) is 4.07. The molecule has 1 aliphatic rings. The van der Waals surface area contributed by atoms with Gasteiger partial charge in [0.05, 0.1) is 10.9 Å². The van der Waals surface area contributed by atoms with Gasteiger partial charge in [-0.2, -0.15) is 18.2 Å². The van der Waals surface area contributed by atoms with Crippen molar-refractivity contribution in [3.05, 3.63) is 65.5 Å². The number of fused-ring (bicyclic) bond motifs is 1. The number of halogens is 3. The summed E-state index contributed by atoms with van der Waals surface area (Å²) < 4.78 is 39.1. The molecule has 2 aromatic carbocycles. The van der Waals surface area contributed by atoms with Crippen molar-refractivity contribution in [2.75, 3.05) is 16.0 Å². The monoisotopic (exact) mass is 469 g/mol. The van der Waals surface area contributed by atoms with Crippen molar-refractivity contribution >= 4 is 56.3 Å². The Hall–Kier alpha value is -3.66. The molecule has 3 N–H and O–H groups in total. The van der Waals surface area contributed by atoms with E-state index in [0.717, 1.165) is 30.4 Å². The first-order valence-electron chi connectivity index (χ1n) is 10.2. The lowest BCUT2D eigenvalue weighted by molar-refractivity contribution is -0.137. The van der Waals surface area contributed by atoms with E-state index in [1.165, 1.54) is 23.5 Å². The van der Waals surface area contributed by atoms with Gasteiger partial charge in [0.2, 0.25) is 11.9 Å². The Labute approximate surface area is 190 Å². The SMILES string of the molecule is O=C(Nc1cccc(Nc2nc(Nc3cccc(C(F)(F)F)c3)nc3sccc23)c1)C1CC1. The van der Waals surface area contributed by atoms with E-state index in [4.69, 9.17) is 0 Å². The lowest BCUT2D eigenvalue weighted by Gasteiger charge is -2.13. The van der Waals surface area contributed by atoms with Gasteiger partial charge in [0.25, 0.3) is 0 Å². The van der Waals surface area contributed by atoms with Gasteiger partial charge in [0, 0.05) is 23.0 Å². The van der Waals surface area contributed by atoms with Crippen molar-refractivity contribution in [2.24, 2.45) is 5.92 Å². The van der Waals surface area contributed by atoms with Gasteiger partial charge in [-0.25, -0.2) is 4.98 Å². The topological polar surface area (TPSA) is 78.9 Å². The number of hydrogen-bond acceptors (Lipinski definition) is 6. The molecular weight excluding hydrogens is 451 g/mol. The van der Waals surface area contributed by atoms with Crippen molar-refractivity contribution in [3.8, 4) is 0 Å². The maximum absolute atomic E-state index is 13.0. The molecule has 0 radical (unpaired) electrons. The van der Waals surface area contributed by atoms with Crippen LogP contribution in [0.3, 0.4) is 0 Å². The van der Waals surface area contributed by atoms with E-state index in [0.29, 0.717) is 22.0 Å². The zero-order valence-electron chi connectivity index (χ0n) is 17.1. The van der Waals surface area contributed by atoms with Crippen LogP contribution in [-0.4, -0.2) is 15.9 Å². The second-order valence-corrected chi connectivity index (χ2v) is 8.60. The van der Waals surface area contributed by atoms with E-state index in [-0.39, 0.29) is 23.5 Å². The average molecular weight is 469 g/mol. The van der Waals surface area contributed by atoms with Crippen LogP contribution >= 0.6 is 11.3 Å². The third kappa shape index (κ3) is 4.90. The van der Waals surface area contributed by atoms with Crippen molar-refractivity contribution in [2.45, 2.75) is 19.0 Å². The molecule has 2 aromatic heterocycles. The van der Waals surface area contributed by atoms with Crippen LogP contribution in [0.15, 0.2) is 60.0 Å². The zero-order valence-corrected chi connectivity index (χ0v) is 17.9. The number of anilines is 5. The van der Waals surface area contributed by atoms with Gasteiger partial charge in [-0.05, 0) is 60.7 Å². The molecule has 0 bridgehead atoms. The lowest BCUT2D eigenvalue weighted by Crippen LogP contribution is -2.13. The fourth-order valence-electron chi connectivity index (χ4n) is 3.31. The summed E-state index contributed by atoms with van der Waals surface area (Å²) in [5, 5.41) is 11.7. The van der Waals surface area contributed by atoms with Crippen LogP contribution in [0, 0.1) is 5.92 Å². The first-order valence-corrected chi connectivity index (χ1v) is 11.1. The molecule has 0 atom stereocenters. The van der Waals surface area contributed by atoms with Crippen LogP contribution in [0.4, 0.5) is 42.0 Å². The summed E-state index contributed by atoms with van der Waals surface area (Å²) in [5.74, 6) is 0.784. The number of carbonyl (C=O) groups is 1. The molecule has 0 spiro atoms. The quantitative estimate of drug-likeness (QED) is 0.299. The largest absolute Gasteiger partial charge is 0.416 e. The molecular formula is C23H18F3N5OS. The molecule has 0 unspecified atom stereocenters. The van der Waals surface area contributed by atoms with Gasteiger partial charge >= 0.3 is 6.18 Å². The highest BCUT2D eigenvalue weighted by molar-refractivity contribution is 7.16. The fraction of sp³-hybridized carbons (Fsp3) is 0.174. The first-order chi connectivity index (χ1) is 15.8. The Bertz CT molecular complexity index is 1330. The number of nitrogens with zero attached hydrogens (tertiary/aromatic N) is 2. The van der Waals surface area contributed by atoms with E-state index in [1.807, 2.05) is 29.6 Å². The van der Waals surface area contributed by atoms with Crippen LogP contribution < -0.4 is 16.0 Å². The number of amides is 1. The van der Waals surface area contributed by atoms with Gasteiger partial charge in [-0.15, -0.1) is 11.3 Å². The standard InChI is InChI=1S/C23H18F3N5OS/c24-23(25,26)14-3-1-4-15(11-14)29-22-30-19(18-9-10-33-21(18)31-22)27-16-5-2-6-17(12-16)28-20(32)13-7-8-13/h1-6,9-13H,7-8H2,(H,28,32)(H2,27,29,30,31). The molecule has 10 heteroatoms. The number of nitrogens with one attached hydrogen (secondary N) is 3. The molecule has 33 heavy (non-hydrogen) atoms. The Morgan fingerprint density at radius 2 is 1.67 bits per heavy atom. The number of carbonyl (C=O) groups excluding carboxylic acids is 1. The van der Waals surface area contributed by atoms with Crippen LogP contribution in [0.5, 0.6) is 0 Å². The van der Waals surface area contributed by atoms with Crippen LogP contribution in [0.25, 0.3) is 10.2 Å². The van der Waals surface area contributed by atoms with Crippen molar-refractivity contribution in [1.82, 2.24) is 9.97 Å². The summed E-state index contributed by atoms with van der Waals surface area (Å²) in [6, 6.07) is 14.0. The molecule has 168 valence electrons. The van der Waals surface area contributed by atoms with E-state index >= 15 is 0 Å². The van der Waals surface area contributed by atoms with E-state index in [1.54, 1.807) is 6.07 Å². The smallest absolute Gasteiger partial charge is 0.339 e. The van der Waals surface area contributed by atoms with Gasteiger partial charge in [-0.3, -0.25) is 4.79 Å². The molecule has 1 saturated carbocycles. The molecule has 1 amide bonds. The number of benzene rings is 2. The second-order valence-electron chi connectivity index (χ2n) is 7.71. The van der Waals surface area contributed by atoms with Crippen LogP contribution in [0.1, 0.15) is 18.4 Å². The molecule has 0 aliphatic heterocycles. The summed E-state index contributed by atoms with van der Waals surface area (Å²) in [7, 11) is 0. The first kappa shape index (κ1) is 21.2. The Morgan fingerprint density at radius 1 is 0.939 bits per heavy atom. The maximum Gasteiger partial charge on any atom is 0.416 e. The van der Waals surface area contributed by atoms with Gasteiger partial charge in [0.1, 0.15) is 10.6 Å². The highest BCUT2D eigenvalue weighted by Crippen LogP contribution is 2.34. The second kappa shape index (κ2) is 8.36. The predicted molar refractivity (Wildman–Crippen MR) is 123 cm³/mol. The lowest BCUT2D eigenvalue weighted by atomic mass is 10.2. The molecule has 5 rings (SSSR count). The number of thiophene rings is 1.